The van der Waals surface area contributed by atoms with Crippen molar-refractivity contribution >= 4 is 27.5 Å². The molecule has 7 heteroatoms. The van der Waals surface area contributed by atoms with Gasteiger partial charge >= 0.3 is 6.18 Å². The molecular weight excluding hydrogens is 289 g/mol. The summed E-state index contributed by atoms with van der Waals surface area (Å²) in [6.45, 7) is -0.209. The SMILES string of the molecule is NC(=O)CNc1ccc(Br)c(C(F)(F)F)c1. The Morgan fingerprint density at radius 3 is 2.56 bits per heavy atom. The second kappa shape index (κ2) is 4.73. The fourth-order valence-electron chi connectivity index (χ4n) is 1.04. The lowest BCUT2D eigenvalue weighted by molar-refractivity contribution is -0.138. The molecule has 0 spiro atoms. The fraction of sp³-hybridized carbons (Fsp3) is 0.222. The van der Waals surface area contributed by atoms with E-state index < -0.39 is 17.6 Å². The van der Waals surface area contributed by atoms with Crippen molar-refractivity contribution in [2.75, 3.05) is 11.9 Å². The average Bonchev–Trinajstić information content (AvgIpc) is 2.14. The van der Waals surface area contributed by atoms with Crippen molar-refractivity contribution in [3.8, 4) is 0 Å². The molecule has 0 aliphatic rings. The molecule has 1 aromatic rings. The van der Waals surface area contributed by atoms with Gasteiger partial charge < -0.3 is 11.1 Å². The van der Waals surface area contributed by atoms with E-state index in [1.165, 1.54) is 12.1 Å². The second-order valence-electron chi connectivity index (χ2n) is 3.01. The number of nitrogens with one attached hydrogen (secondary N) is 1. The molecule has 0 fully saturated rings. The van der Waals surface area contributed by atoms with E-state index in [1.54, 1.807) is 0 Å². The van der Waals surface area contributed by atoms with Crippen molar-refractivity contribution in [3.63, 3.8) is 0 Å². The number of carbonyl (C=O) groups excluding carboxylic acids is 1. The van der Waals surface area contributed by atoms with E-state index in [-0.39, 0.29) is 16.7 Å². The van der Waals surface area contributed by atoms with Gasteiger partial charge in [-0.3, -0.25) is 4.79 Å². The van der Waals surface area contributed by atoms with E-state index >= 15 is 0 Å². The van der Waals surface area contributed by atoms with E-state index in [2.05, 4.69) is 21.2 Å². The minimum Gasteiger partial charge on any atom is -0.376 e. The first kappa shape index (κ1) is 12.8. The number of anilines is 1. The van der Waals surface area contributed by atoms with Crippen LogP contribution in [-0.2, 0) is 11.0 Å². The zero-order valence-corrected chi connectivity index (χ0v) is 9.52. The van der Waals surface area contributed by atoms with Gasteiger partial charge in [0.25, 0.3) is 0 Å². The first-order valence-electron chi connectivity index (χ1n) is 4.19. The van der Waals surface area contributed by atoms with Crippen molar-refractivity contribution < 1.29 is 18.0 Å². The average molecular weight is 297 g/mol. The molecule has 0 atom stereocenters. The number of alkyl halides is 3. The highest BCUT2D eigenvalue weighted by molar-refractivity contribution is 9.10. The Hall–Kier alpha value is -1.24. The topological polar surface area (TPSA) is 55.1 Å². The number of hydrogen-bond acceptors (Lipinski definition) is 2. The number of hydrogen-bond donors (Lipinski definition) is 2. The largest absolute Gasteiger partial charge is 0.417 e. The zero-order valence-electron chi connectivity index (χ0n) is 7.94. The Morgan fingerprint density at radius 2 is 2.06 bits per heavy atom. The summed E-state index contributed by atoms with van der Waals surface area (Å²) in [5.74, 6) is -0.642. The van der Waals surface area contributed by atoms with Crippen LogP contribution < -0.4 is 11.1 Å². The molecule has 1 aromatic carbocycles. The first-order valence-corrected chi connectivity index (χ1v) is 4.99. The van der Waals surface area contributed by atoms with Crippen LogP contribution in [0.5, 0.6) is 0 Å². The number of amides is 1. The number of halogens is 4. The second-order valence-corrected chi connectivity index (χ2v) is 3.87. The quantitative estimate of drug-likeness (QED) is 0.900. The van der Waals surface area contributed by atoms with Crippen LogP contribution >= 0.6 is 15.9 Å². The van der Waals surface area contributed by atoms with Crippen LogP contribution in [0.1, 0.15) is 5.56 Å². The molecule has 0 radical (unpaired) electrons. The lowest BCUT2D eigenvalue weighted by atomic mass is 10.2. The van der Waals surface area contributed by atoms with Crippen LogP contribution in [0.25, 0.3) is 0 Å². The zero-order chi connectivity index (χ0) is 12.3. The molecule has 0 aliphatic carbocycles. The molecule has 0 saturated carbocycles. The predicted molar refractivity (Wildman–Crippen MR) is 56.8 cm³/mol. The Kier molecular flexibility index (Phi) is 3.79. The molecule has 0 saturated heterocycles. The number of primary amides is 1. The molecule has 16 heavy (non-hydrogen) atoms. The number of carbonyl (C=O) groups is 1. The number of rotatable bonds is 3. The van der Waals surface area contributed by atoms with Gasteiger partial charge in [0.05, 0.1) is 12.1 Å². The first-order chi connectivity index (χ1) is 7.30. The summed E-state index contributed by atoms with van der Waals surface area (Å²) in [5.41, 5.74) is 4.25. The van der Waals surface area contributed by atoms with Crippen LogP contribution in [0.3, 0.4) is 0 Å². The van der Waals surface area contributed by atoms with Crippen LogP contribution in [0, 0.1) is 0 Å². The van der Waals surface area contributed by atoms with Gasteiger partial charge in [0.1, 0.15) is 0 Å². The molecule has 0 bridgehead atoms. The normalized spacial score (nSPS) is 11.2. The van der Waals surface area contributed by atoms with E-state index in [0.29, 0.717) is 0 Å². The third kappa shape index (κ3) is 3.41. The van der Waals surface area contributed by atoms with E-state index in [0.717, 1.165) is 6.07 Å². The van der Waals surface area contributed by atoms with Crippen LogP contribution in [-0.4, -0.2) is 12.5 Å². The maximum absolute atomic E-state index is 12.5. The van der Waals surface area contributed by atoms with Crippen LogP contribution in [0.2, 0.25) is 0 Å². The van der Waals surface area contributed by atoms with Crippen LogP contribution in [0.15, 0.2) is 22.7 Å². The van der Waals surface area contributed by atoms with Gasteiger partial charge in [-0.05, 0) is 18.2 Å². The molecule has 0 heterocycles. The molecule has 1 amide bonds. The van der Waals surface area contributed by atoms with Crippen molar-refractivity contribution in [1.29, 1.82) is 0 Å². The van der Waals surface area contributed by atoms with Crippen molar-refractivity contribution in [1.82, 2.24) is 0 Å². The minimum atomic E-state index is -4.44. The van der Waals surface area contributed by atoms with Gasteiger partial charge in [-0.15, -0.1) is 0 Å². The van der Waals surface area contributed by atoms with E-state index in [9.17, 15) is 18.0 Å². The fourth-order valence-corrected chi connectivity index (χ4v) is 1.51. The van der Waals surface area contributed by atoms with Gasteiger partial charge in [-0.25, -0.2) is 0 Å². The summed E-state index contributed by atoms with van der Waals surface area (Å²) >= 11 is 2.81. The highest BCUT2D eigenvalue weighted by Gasteiger charge is 2.33. The number of benzene rings is 1. The lowest BCUT2D eigenvalue weighted by Crippen LogP contribution is -2.22. The van der Waals surface area contributed by atoms with Gasteiger partial charge in [0, 0.05) is 10.2 Å². The molecule has 3 N–H and O–H groups in total. The summed E-state index contributed by atoms with van der Waals surface area (Å²) in [5, 5.41) is 2.49. The maximum Gasteiger partial charge on any atom is 0.417 e. The van der Waals surface area contributed by atoms with Crippen LogP contribution in [0.4, 0.5) is 18.9 Å². The summed E-state index contributed by atoms with van der Waals surface area (Å²) in [4.78, 5) is 10.4. The minimum absolute atomic E-state index is 0.0513. The third-order valence-electron chi connectivity index (χ3n) is 1.74. The van der Waals surface area contributed by atoms with Gasteiger partial charge in [-0.2, -0.15) is 13.2 Å². The highest BCUT2D eigenvalue weighted by Crippen LogP contribution is 2.36. The molecule has 0 aliphatic heterocycles. The Morgan fingerprint density at radius 1 is 1.44 bits per heavy atom. The molecule has 1 rings (SSSR count). The molecule has 3 nitrogen and oxygen atoms in total. The highest BCUT2D eigenvalue weighted by atomic mass is 79.9. The van der Waals surface area contributed by atoms with Gasteiger partial charge in [-0.1, -0.05) is 15.9 Å². The summed E-state index contributed by atoms with van der Waals surface area (Å²) in [7, 11) is 0. The van der Waals surface area contributed by atoms with E-state index in [4.69, 9.17) is 5.73 Å². The smallest absolute Gasteiger partial charge is 0.376 e. The summed E-state index contributed by atoms with van der Waals surface area (Å²) in [6, 6.07) is 3.58. The van der Waals surface area contributed by atoms with Crippen molar-refractivity contribution in [3.05, 3.63) is 28.2 Å². The molecule has 0 aromatic heterocycles. The standard InChI is InChI=1S/C9H8BrF3N2O/c10-7-2-1-5(15-4-8(14)16)3-6(7)9(11,12)13/h1-3,15H,4H2,(H2,14,16). The summed E-state index contributed by atoms with van der Waals surface area (Å²) < 4.78 is 37.4. The predicted octanol–water partition coefficient (Wildman–Crippen LogP) is 2.37. The van der Waals surface area contributed by atoms with Crippen molar-refractivity contribution in [2.24, 2.45) is 5.73 Å². The lowest BCUT2D eigenvalue weighted by Gasteiger charge is -2.11. The molecule has 88 valence electrons. The Labute approximate surface area is 97.9 Å². The van der Waals surface area contributed by atoms with E-state index in [1.807, 2.05) is 0 Å². The summed E-state index contributed by atoms with van der Waals surface area (Å²) in [6.07, 6.45) is -4.44. The van der Waals surface area contributed by atoms with Gasteiger partial charge in [0.2, 0.25) is 5.91 Å². The Bertz CT molecular complexity index is 406. The monoisotopic (exact) mass is 296 g/mol. The maximum atomic E-state index is 12.5. The van der Waals surface area contributed by atoms with Gasteiger partial charge in [0.15, 0.2) is 0 Å². The Balaban J connectivity index is 2.94. The molecular formula is C9H8BrF3N2O. The third-order valence-corrected chi connectivity index (χ3v) is 2.43. The van der Waals surface area contributed by atoms with Crippen molar-refractivity contribution in [2.45, 2.75) is 6.18 Å². The molecule has 0 unspecified atom stereocenters. The number of nitrogens with two attached hydrogens (primary N) is 1.